The van der Waals surface area contributed by atoms with Gasteiger partial charge in [0.15, 0.2) is 0 Å². The van der Waals surface area contributed by atoms with Gasteiger partial charge in [-0.25, -0.2) is 9.98 Å². The average molecular weight is 204 g/mol. The largest absolute Gasteiger partial charge is 0.229 e. The van der Waals surface area contributed by atoms with Crippen molar-refractivity contribution < 1.29 is 0 Å². The quantitative estimate of drug-likeness (QED) is 0.579. The SMILES string of the molecule is CN=C=NC.Cc1ccc(C)c(C)c1C. The van der Waals surface area contributed by atoms with E-state index in [0.29, 0.717) is 0 Å². The fourth-order valence-corrected chi connectivity index (χ4v) is 1.19. The van der Waals surface area contributed by atoms with Crippen LogP contribution in [0.3, 0.4) is 0 Å². The second-order valence-electron chi connectivity index (χ2n) is 3.50. The highest BCUT2D eigenvalue weighted by molar-refractivity contribution is 5.40. The summed E-state index contributed by atoms with van der Waals surface area (Å²) in [4.78, 5) is 6.88. The molecule has 0 heterocycles. The first-order valence-corrected chi connectivity index (χ1v) is 5.00. The molecule has 0 aromatic heterocycles. The third-order valence-corrected chi connectivity index (χ3v) is 2.53. The monoisotopic (exact) mass is 204 g/mol. The third-order valence-electron chi connectivity index (χ3n) is 2.53. The van der Waals surface area contributed by atoms with Gasteiger partial charge in [-0.05, 0) is 49.9 Å². The first kappa shape index (κ1) is 13.6. The lowest BCUT2D eigenvalue weighted by atomic mass is 10.0. The van der Waals surface area contributed by atoms with Gasteiger partial charge in [-0.2, -0.15) is 0 Å². The van der Waals surface area contributed by atoms with Gasteiger partial charge in [0.1, 0.15) is 0 Å². The van der Waals surface area contributed by atoms with Crippen molar-refractivity contribution in [2.24, 2.45) is 9.98 Å². The molecule has 0 aliphatic rings. The van der Waals surface area contributed by atoms with Crippen LogP contribution in [0.25, 0.3) is 0 Å². The zero-order chi connectivity index (χ0) is 11.8. The molecule has 0 radical (unpaired) electrons. The topological polar surface area (TPSA) is 24.7 Å². The van der Waals surface area contributed by atoms with Crippen LogP contribution in [-0.4, -0.2) is 20.1 Å². The van der Waals surface area contributed by atoms with Gasteiger partial charge in [0.05, 0.1) is 6.01 Å². The van der Waals surface area contributed by atoms with E-state index in [2.05, 4.69) is 55.8 Å². The summed E-state index contributed by atoms with van der Waals surface area (Å²) in [5, 5.41) is 0. The van der Waals surface area contributed by atoms with Crippen molar-refractivity contribution in [3.05, 3.63) is 34.4 Å². The fourth-order valence-electron chi connectivity index (χ4n) is 1.19. The number of hydrogen-bond donors (Lipinski definition) is 0. The molecular formula is C13H20N2. The van der Waals surface area contributed by atoms with E-state index in [9.17, 15) is 0 Å². The molecule has 15 heavy (non-hydrogen) atoms. The number of nitrogens with zero attached hydrogens (tertiary/aromatic N) is 2. The first-order chi connectivity index (χ1) is 7.04. The van der Waals surface area contributed by atoms with Gasteiger partial charge in [-0.1, -0.05) is 12.1 Å². The zero-order valence-corrected chi connectivity index (χ0v) is 10.5. The highest BCUT2D eigenvalue weighted by Crippen LogP contribution is 2.15. The van der Waals surface area contributed by atoms with Gasteiger partial charge in [0.2, 0.25) is 0 Å². The van der Waals surface area contributed by atoms with Crippen LogP contribution in [0.15, 0.2) is 22.1 Å². The van der Waals surface area contributed by atoms with Crippen LogP contribution in [0.1, 0.15) is 22.3 Å². The summed E-state index contributed by atoms with van der Waals surface area (Å²) in [5.41, 5.74) is 5.64. The number of benzene rings is 1. The predicted octanol–water partition coefficient (Wildman–Crippen LogP) is 3.34. The minimum Gasteiger partial charge on any atom is -0.229 e. The molecule has 0 aliphatic heterocycles. The summed E-state index contributed by atoms with van der Waals surface area (Å²) >= 11 is 0. The molecule has 0 saturated carbocycles. The van der Waals surface area contributed by atoms with Crippen molar-refractivity contribution in [2.75, 3.05) is 14.1 Å². The number of rotatable bonds is 0. The van der Waals surface area contributed by atoms with Crippen molar-refractivity contribution in [3.8, 4) is 0 Å². The van der Waals surface area contributed by atoms with Gasteiger partial charge in [-0.3, -0.25) is 0 Å². The Kier molecular flexibility index (Phi) is 6.32. The second-order valence-corrected chi connectivity index (χ2v) is 3.50. The lowest BCUT2D eigenvalue weighted by Crippen LogP contribution is -1.88. The van der Waals surface area contributed by atoms with Crippen LogP contribution in [0.2, 0.25) is 0 Å². The molecule has 0 saturated heterocycles. The minimum atomic E-state index is 1.39. The molecule has 0 fully saturated rings. The van der Waals surface area contributed by atoms with Gasteiger partial charge < -0.3 is 0 Å². The van der Waals surface area contributed by atoms with Gasteiger partial charge >= 0.3 is 0 Å². The van der Waals surface area contributed by atoms with Crippen molar-refractivity contribution in [1.29, 1.82) is 0 Å². The highest BCUT2D eigenvalue weighted by atomic mass is 14.7. The highest BCUT2D eigenvalue weighted by Gasteiger charge is 1.97. The molecule has 0 amide bonds. The van der Waals surface area contributed by atoms with Crippen molar-refractivity contribution in [2.45, 2.75) is 27.7 Å². The molecule has 1 aromatic rings. The summed E-state index contributed by atoms with van der Waals surface area (Å²) < 4.78 is 0. The van der Waals surface area contributed by atoms with Crippen molar-refractivity contribution in [1.82, 2.24) is 0 Å². The Morgan fingerprint density at radius 2 is 1.13 bits per heavy atom. The van der Waals surface area contributed by atoms with Crippen LogP contribution in [0.5, 0.6) is 0 Å². The summed E-state index contributed by atoms with van der Waals surface area (Å²) in [5.74, 6) is 0. The van der Waals surface area contributed by atoms with Gasteiger partial charge in [0.25, 0.3) is 0 Å². The number of aryl methyl sites for hydroxylation is 2. The maximum absolute atomic E-state index is 3.44. The van der Waals surface area contributed by atoms with Gasteiger partial charge in [0, 0.05) is 14.1 Å². The number of hydrogen-bond acceptors (Lipinski definition) is 2. The van der Waals surface area contributed by atoms with Crippen molar-refractivity contribution >= 4 is 6.01 Å². The van der Waals surface area contributed by atoms with E-state index in [4.69, 9.17) is 0 Å². The Bertz CT molecular complexity index is 339. The van der Waals surface area contributed by atoms with E-state index in [0.717, 1.165) is 0 Å². The Morgan fingerprint density at radius 1 is 0.800 bits per heavy atom. The molecule has 0 atom stereocenters. The standard InChI is InChI=1S/C10H14.C3H6N2/c1-7-5-6-8(2)10(4)9(7)3;1-4-3-5-2/h5-6H,1-4H3;1-2H3. The maximum Gasteiger partial charge on any atom is 0.0886 e. The Morgan fingerprint density at radius 3 is 1.33 bits per heavy atom. The molecule has 1 aromatic carbocycles. The van der Waals surface area contributed by atoms with E-state index in [1.807, 2.05) is 0 Å². The first-order valence-electron chi connectivity index (χ1n) is 5.00. The van der Waals surface area contributed by atoms with Crippen molar-refractivity contribution in [3.63, 3.8) is 0 Å². The summed E-state index contributed by atoms with van der Waals surface area (Å²) in [6.45, 7) is 8.67. The average Bonchev–Trinajstić information content (AvgIpc) is 2.23. The fraction of sp³-hybridized carbons (Fsp3) is 0.462. The Balaban J connectivity index is 0.000000336. The normalized spacial score (nSPS) is 8.40. The molecule has 0 spiro atoms. The lowest BCUT2D eigenvalue weighted by Gasteiger charge is -2.06. The Labute approximate surface area is 92.8 Å². The summed E-state index contributed by atoms with van der Waals surface area (Å²) in [6, 6.07) is 6.72. The van der Waals surface area contributed by atoms with Crippen LogP contribution in [0.4, 0.5) is 0 Å². The Hall–Kier alpha value is -1.40. The van der Waals surface area contributed by atoms with E-state index in [1.54, 1.807) is 14.1 Å². The maximum atomic E-state index is 3.44. The van der Waals surface area contributed by atoms with Crippen LogP contribution < -0.4 is 0 Å². The van der Waals surface area contributed by atoms with Crippen LogP contribution in [-0.2, 0) is 0 Å². The molecule has 0 N–H and O–H groups in total. The minimum absolute atomic E-state index is 1.39. The molecule has 2 heteroatoms. The second kappa shape index (κ2) is 6.97. The zero-order valence-electron chi connectivity index (χ0n) is 10.5. The van der Waals surface area contributed by atoms with E-state index >= 15 is 0 Å². The van der Waals surface area contributed by atoms with E-state index in [1.165, 1.54) is 22.3 Å². The molecule has 0 unspecified atom stereocenters. The van der Waals surface area contributed by atoms with E-state index in [-0.39, 0.29) is 0 Å². The third kappa shape index (κ3) is 4.57. The van der Waals surface area contributed by atoms with Gasteiger partial charge in [-0.15, -0.1) is 0 Å². The smallest absolute Gasteiger partial charge is 0.0886 e. The number of aliphatic imine (C=N–C) groups is 2. The summed E-state index contributed by atoms with van der Waals surface area (Å²) in [7, 11) is 3.26. The summed E-state index contributed by atoms with van der Waals surface area (Å²) in [6.07, 6.45) is 0. The molecule has 0 bridgehead atoms. The molecule has 0 aliphatic carbocycles. The van der Waals surface area contributed by atoms with Crippen LogP contribution in [0, 0.1) is 27.7 Å². The molecular weight excluding hydrogens is 184 g/mol. The molecule has 2 nitrogen and oxygen atoms in total. The molecule has 82 valence electrons. The lowest BCUT2D eigenvalue weighted by molar-refractivity contribution is 1.22. The molecule has 1 rings (SSSR count). The predicted molar refractivity (Wildman–Crippen MR) is 67.1 cm³/mol. The van der Waals surface area contributed by atoms with Crippen LogP contribution >= 0.6 is 0 Å². The van der Waals surface area contributed by atoms with E-state index < -0.39 is 0 Å².